The average Bonchev–Trinajstić information content (AvgIpc) is 3.06. The monoisotopic (exact) mass is 598 g/mol. The third-order valence-electron chi connectivity index (χ3n) is 10.3. The van der Waals surface area contributed by atoms with E-state index < -0.39 is 11.6 Å². The molecule has 0 spiro atoms. The zero-order chi connectivity index (χ0) is 30.9. The first-order valence-electron chi connectivity index (χ1n) is 17.2. The van der Waals surface area contributed by atoms with Gasteiger partial charge in [-0.15, -0.1) is 6.58 Å². The predicted molar refractivity (Wildman–Crippen MR) is 180 cm³/mol. The van der Waals surface area contributed by atoms with Crippen LogP contribution in [0.25, 0.3) is 27.8 Å². The van der Waals surface area contributed by atoms with Crippen molar-refractivity contribution in [2.75, 3.05) is 0 Å². The number of hydrogen-bond donors (Lipinski definition) is 0. The van der Waals surface area contributed by atoms with Gasteiger partial charge in [0.15, 0.2) is 11.6 Å². The van der Waals surface area contributed by atoms with Crippen molar-refractivity contribution in [2.45, 2.75) is 103 Å². The molecular formula is C41H49F3. The molecule has 0 nitrogen and oxygen atoms in total. The number of allylic oxidation sites excluding steroid dienone is 3. The molecule has 5 rings (SSSR count). The Morgan fingerprint density at radius 3 is 2.14 bits per heavy atom. The highest BCUT2D eigenvalue weighted by molar-refractivity contribution is 5.74. The maximum absolute atomic E-state index is 15.4. The lowest BCUT2D eigenvalue weighted by Gasteiger charge is -2.35. The molecule has 0 radical (unpaired) electrons. The Kier molecular flexibility index (Phi) is 11.6. The molecule has 0 N–H and O–H groups in total. The molecule has 1 atom stereocenters. The Morgan fingerprint density at radius 2 is 1.45 bits per heavy atom. The maximum Gasteiger partial charge on any atom is 0.166 e. The predicted octanol–water partition coefficient (Wildman–Crippen LogP) is 12.9. The van der Waals surface area contributed by atoms with Crippen LogP contribution in [0.3, 0.4) is 0 Å². The van der Waals surface area contributed by atoms with E-state index >= 15 is 4.39 Å². The summed E-state index contributed by atoms with van der Waals surface area (Å²) in [5.41, 5.74) is 4.74. The smallest absolute Gasteiger partial charge is 0.166 e. The summed E-state index contributed by atoms with van der Waals surface area (Å²) in [6.45, 7) is 5.99. The van der Waals surface area contributed by atoms with Gasteiger partial charge in [-0.2, -0.15) is 0 Å². The molecule has 3 heteroatoms. The van der Waals surface area contributed by atoms with E-state index in [0.717, 1.165) is 73.0 Å². The summed E-state index contributed by atoms with van der Waals surface area (Å²) in [6, 6.07) is 16.1. The number of unbranched alkanes of at least 4 members (excludes halogenated alkanes) is 4. The van der Waals surface area contributed by atoms with E-state index in [0.29, 0.717) is 23.1 Å². The zero-order valence-electron chi connectivity index (χ0n) is 26.5. The lowest BCUT2D eigenvalue weighted by Crippen LogP contribution is -2.23. The van der Waals surface area contributed by atoms with E-state index in [2.05, 4.69) is 19.6 Å². The molecule has 3 aromatic carbocycles. The fourth-order valence-electron chi connectivity index (χ4n) is 7.57. The third kappa shape index (κ3) is 7.95. The van der Waals surface area contributed by atoms with Crippen molar-refractivity contribution < 1.29 is 13.2 Å². The van der Waals surface area contributed by atoms with Gasteiger partial charge in [0.2, 0.25) is 0 Å². The molecule has 1 unspecified atom stereocenters. The van der Waals surface area contributed by atoms with Crippen LogP contribution in [-0.4, -0.2) is 0 Å². The summed E-state index contributed by atoms with van der Waals surface area (Å²) < 4.78 is 45.2. The van der Waals surface area contributed by atoms with Gasteiger partial charge in [0.25, 0.3) is 0 Å². The van der Waals surface area contributed by atoms with Crippen LogP contribution in [0.4, 0.5) is 13.2 Å². The van der Waals surface area contributed by atoms with Gasteiger partial charge in [-0.3, -0.25) is 0 Å². The Hall–Kier alpha value is -3.07. The summed E-state index contributed by atoms with van der Waals surface area (Å²) in [4.78, 5) is 0. The van der Waals surface area contributed by atoms with E-state index in [1.807, 2.05) is 30.3 Å². The molecule has 44 heavy (non-hydrogen) atoms. The second-order valence-electron chi connectivity index (χ2n) is 13.2. The minimum Gasteiger partial charge on any atom is -0.206 e. The van der Waals surface area contributed by atoms with Gasteiger partial charge < -0.3 is 0 Å². The van der Waals surface area contributed by atoms with Gasteiger partial charge in [-0.25, -0.2) is 13.2 Å². The highest BCUT2D eigenvalue weighted by atomic mass is 19.2. The molecule has 2 aliphatic carbocycles. The number of rotatable bonds is 13. The van der Waals surface area contributed by atoms with Crippen LogP contribution in [0, 0.1) is 35.2 Å². The minimum atomic E-state index is -0.813. The number of aryl methyl sites for hydroxylation is 1. The highest BCUT2D eigenvalue weighted by Gasteiger charge is 2.29. The van der Waals surface area contributed by atoms with Gasteiger partial charge in [-0.1, -0.05) is 106 Å². The maximum atomic E-state index is 15.4. The summed E-state index contributed by atoms with van der Waals surface area (Å²) in [5.74, 6) is 0.743. The Balaban J connectivity index is 1.19. The Bertz CT molecular complexity index is 1410. The molecule has 0 saturated heterocycles. The van der Waals surface area contributed by atoms with Gasteiger partial charge >= 0.3 is 0 Å². The van der Waals surface area contributed by atoms with E-state index in [1.165, 1.54) is 51.4 Å². The second kappa shape index (κ2) is 15.8. The molecule has 1 saturated carbocycles. The molecule has 0 aliphatic heterocycles. The molecular weight excluding hydrogens is 549 g/mol. The Labute approximate surface area is 263 Å². The normalized spacial score (nSPS) is 20.4. The zero-order valence-corrected chi connectivity index (χ0v) is 26.5. The van der Waals surface area contributed by atoms with Crippen molar-refractivity contribution in [3.05, 3.63) is 102 Å². The van der Waals surface area contributed by atoms with Crippen molar-refractivity contribution in [3.8, 4) is 22.3 Å². The first-order valence-corrected chi connectivity index (χ1v) is 17.2. The molecule has 2 aliphatic rings. The summed E-state index contributed by atoms with van der Waals surface area (Å²) in [6.07, 6.45) is 21.4. The second-order valence-corrected chi connectivity index (χ2v) is 13.2. The molecule has 0 aromatic heterocycles. The van der Waals surface area contributed by atoms with Crippen LogP contribution in [0.15, 0.2) is 73.3 Å². The van der Waals surface area contributed by atoms with E-state index in [4.69, 9.17) is 0 Å². The van der Waals surface area contributed by atoms with Crippen LogP contribution in [0.1, 0.15) is 108 Å². The van der Waals surface area contributed by atoms with Crippen LogP contribution in [0.2, 0.25) is 0 Å². The Morgan fingerprint density at radius 1 is 0.727 bits per heavy atom. The third-order valence-corrected chi connectivity index (χ3v) is 10.3. The first-order chi connectivity index (χ1) is 21.5. The van der Waals surface area contributed by atoms with Crippen molar-refractivity contribution in [3.63, 3.8) is 0 Å². The van der Waals surface area contributed by atoms with Crippen molar-refractivity contribution in [1.82, 2.24) is 0 Å². The fourth-order valence-corrected chi connectivity index (χ4v) is 7.57. The number of benzene rings is 3. The number of hydrogen-bond acceptors (Lipinski definition) is 0. The summed E-state index contributed by atoms with van der Waals surface area (Å²) >= 11 is 0. The summed E-state index contributed by atoms with van der Waals surface area (Å²) in [7, 11) is 0. The van der Waals surface area contributed by atoms with Gasteiger partial charge in [0.05, 0.1) is 0 Å². The van der Waals surface area contributed by atoms with Gasteiger partial charge in [-0.05, 0) is 109 Å². The van der Waals surface area contributed by atoms with Crippen LogP contribution < -0.4 is 0 Å². The minimum absolute atomic E-state index is 0.194. The molecule has 0 amide bonds. The molecule has 1 fully saturated rings. The lowest BCUT2D eigenvalue weighted by atomic mass is 9.70. The largest absolute Gasteiger partial charge is 0.206 e. The van der Waals surface area contributed by atoms with Crippen molar-refractivity contribution in [2.24, 2.45) is 17.8 Å². The fraction of sp³-hybridized carbons (Fsp3) is 0.463. The average molecular weight is 599 g/mol. The quantitative estimate of drug-likeness (QED) is 0.136. The van der Waals surface area contributed by atoms with Gasteiger partial charge in [0, 0.05) is 11.1 Å². The summed E-state index contributed by atoms with van der Waals surface area (Å²) in [5, 5.41) is 0. The van der Waals surface area contributed by atoms with Crippen LogP contribution in [-0.2, 0) is 6.42 Å². The SMILES string of the molecule is C=CCCCCc1ccc(-c2ccc(-c3ccc(C4=CCC(C5CCC(CCCCC)CC5)CC4)c(F)c3)cc2)c(F)c1F. The number of halogens is 3. The van der Waals surface area contributed by atoms with Crippen molar-refractivity contribution >= 4 is 5.57 Å². The lowest BCUT2D eigenvalue weighted by molar-refractivity contribution is 0.187. The molecule has 0 heterocycles. The molecule has 3 aromatic rings. The van der Waals surface area contributed by atoms with E-state index in [1.54, 1.807) is 30.3 Å². The van der Waals surface area contributed by atoms with E-state index in [-0.39, 0.29) is 11.4 Å². The standard InChI is InChI=1S/C41H49F3/c1-3-5-7-9-11-35-24-27-38(41(44)40(35)43)34-22-18-32(19-23-34)36-25-26-37(39(42)28-36)33-20-16-31(17-21-33)30-14-12-29(13-15-30)10-8-6-4-2/h3,18-20,22-31H,1,4-17,21H2,2H3. The first kappa shape index (κ1) is 32.3. The van der Waals surface area contributed by atoms with Crippen LogP contribution >= 0.6 is 0 Å². The van der Waals surface area contributed by atoms with E-state index in [9.17, 15) is 8.78 Å². The van der Waals surface area contributed by atoms with Crippen LogP contribution in [0.5, 0.6) is 0 Å². The van der Waals surface area contributed by atoms with Crippen molar-refractivity contribution in [1.29, 1.82) is 0 Å². The molecule has 0 bridgehead atoms. The van der Waals surface area contributed by atoms with Gasteiger partial charge in [0.1, 0.15) is 5.82 Å². The topological polar surface area (TPSA) is 0 Å². The molecule has 234 valence electrons. The highest BCUT2D eigenvalue weighted by Crippen LogP contribution is 2.43.